The van der Waals surface area contributed by atoms with E-state index in [0.717, 1.165) is 12.0 Å². The summed E-state index contributed by atoms with van der Waals surface area (Å²) in [4.78, 5) is 11.4. The fourth-order valence-corrected chi connectivity index (χ4v) is 1.48. The minimum atomic E-state index is -0.287. The van der Waals surface area contributed by atoms with Crippen LogP contribution in [0.1, 0.15) is 12.0 Å². The van der Waals surface area contributed by atoms with E-state index in [1.165, 1.54) is 12.1 Å². The minimum absolute atomic E-state index is 0.0116. The van der Waals surface area contributed by atoms with Gasteiger partial charge in [-0.25, -0.2) is 4.39 Å². The number of halogens is 1. The highest BCUT2D eigenvalue weighted by Gasteiger charge is 2.39. The molecule has 0 bridgehead atoms. The van der Waals surface area contributed by atoms with Gasteiger partial charge in [-0.1, -0.05) is 12.1 Å². The molecule has 2 atom stereocenters. The Kier molecular flexibility index (Phi) is 2.68. The lowest BCUT2D eigenvalue weighted by atomic mass is 10.2. The van der Waals surface area contributed by atoms with Gasteiger partial charge in [0.15, 0.2) is 0 Å². The highest BCUT2D eigenvalue weighted by molar-refractivity contribution is 5.82. The first-order valence-corrected chi connectivity index (χ1v) is 4.94. The molecule has 1 fully saturated rings. The van der Waals surface area contributed by atoms with Gasteiger partial charge in [0.25, 0.3) is 0 Å². The molecule has 1 saturated carbocycles. The van der Waals surface area contributed by atoms with Crippen molar-refractivity contribution in [2.75, 3.05) is 0 Å². The van der Waals surface area contributed by atoms with Crippen molar-refractivity contribution in [2.45, 2.75) is 19.0 Å². The minimum Gasteiger partial charge on any atom is -0.352 e. The fraction of sp³-hybridized carbons (Fsp3) is 0.364. The normalized spacial score (nSPS) is 23.6. The van der Waals surface area contributed by atoms with Gasteiger partial charge in [0.2, 0.25) is 5.91 Å². The van der Waals surface area contributed by atoms with E-state index < -0.39 is 0 Å². The number of hydrogen-bond acceptors (Lipinski definition) is 2. The predicted octanol–water partition coefficient (Wildman–Crippen LogP) is 0.789. The quantitative estimate of drug-likeness (QED) is 0.771. The standard InChI is InChI=1S/C11H13FN2O/c12-8-3-1-2-7(4-8)6-14-11(15)9-5-10(9)13/h1-4,9-10H,5-6,13H2,(H,14,15). The van der Waals surface area contributed by atoms with E-state index in [4.69, 9.17) is 5.73 Å². The number of hydrogen-bond donors (Lipinski definition) is 2. The summed E-state index contributed by atoms with van der Waals surface area (Å²) in [6.07, 6.45) is 0.759. The SMILES string of the molecule is NC1CC1C(=O)NCc1cccc(F)c1. The molecule has 15 heavy (non-hydrogen) atoms. The Labute approximate surface area is 87.5 Å². The van der Waals surface area contributed by atoms with Gasteiger partial charge in [-0.15, -0.1) is 0 Å². The smallest absolute Gasteiger partial charge is 0.225 e. The number of amides is 1. The molecule has 3 N–H and O–H groups in total. The summed E-state index contributed by atoms with van der Waals surface area (Å²) >= 11 is 0. The molecule has 0 spiro atoms. The van der Waals surface area contributed by atoms with Gasteiger partial charge in [-0.3, -0.25) is 4.79 Å². The van der Waals surface area contributed by atoms with Gasteiger partial charge >= 0.3 is 0 Å². The molecule has 1 amide bonds. The van der Waals surface area contributed by atoms with Crippen molar-refractivity contribution in [2.24, 2.45) is 11.7 Å². The van der Waals surface area contributed by atoms with Crippen LogP contribution in [0, 0.1) is 11.7 Å². The van der Waals surface area contributed by atoms with E-state index in [1.54, 1.807) is 12.1 Å². The molecule has 0 heterocycles. The van der Waals surface area contributed by atoms with Crippen molar-refractivity contribution in [3.63, 3.8) is 0 Å². The van der Waals surface area contributed by atoms with Gasteiger partial charge in [0.05, 0.1) is 5.92 Å². The van der Waals surface area contributed by atoms with E-state index in [-0.39, 0.29) is 23.7 Å². The second kappa shape index (κ2) is 3.98. The van der Waals surface area contributed by atoms with Crippen molar-refractivity contribution >= 4 is 5.91 Å². The molecule has 1 aliphatic rings. The Balaban J connectivity index is 1.85. The van der Waals surface area contributed by atoms with Gasteiger partial charge < -0.3 is 11.1 Å². The maximum Gasteiger partial charge on any atom is 0.225 e. The molecule has 2 rings (SSSR count). The van der Waals surface area contributed by atoms with Crippen LogP contribution in [0.15, 0.2) is 24.3 Å². The number of nitrogens with two attached hydrogens (primary N) is 1. The molecule has 1 aromatic rings. The predicted molar refractivity (Wildman–Crippen MR) is 54.3 cm³/mol. The lowest BCUT2D eigenvalue weighted by molar-refractivity contribution is -0.122. The first-order chi connectivity index (χ1) is 7.16. The highest BCUT2D eigenvalue weighted by Crippen LogP contribution is 2.27. The number of carbonyl (C=O) groups excluding carboxylic acids is 1. The monoisotopic (exact) mass is 208 g/mol. The van der Waals surface area contributed by atoms with E-state index in [9.17, 15) is 9.18 Å². The molecule has 3 nitrogen and oxygen atoms in total. The highest BCUT2D eigenvalue weighted by atomic mass is 19.1. The number of nitrogens with one attached hydrogen (secondary N) is 1. The molecule has 0 aromatic heterocycles. The van der Waals surface area contributed by atoms with E-state index in [0.29, 0.717) is 6.54 Å². The largest absolute Gasteiger partial charge is 0.352 e. The molecular formula is C11H13FN2O. The lowest BCUT2D eigenvalue weighted by Gasteiger charge is -2.04. The summed E-state index contributed by atoms with van der Waals surface area (Å²) in [5.41, 5.74) is 6.30. The summed E-state index contributed by atoms with van der Waals surface area (Å²) in [6.45, 7) is 0.361. The Morgan fingerprint density at radius 1 is 1.60 bits per heavy atom. The van der Waals surface area contributed by atoms with E-state index >= 15 is 0 Å². The van der Waals surface area contributed by atoms with Crippen LogP contribution in [0.3, 0.4) is 0 Å². The van der Waals surface area contributed by atoms with Gasteiger partial charge in [0, 0.05) is 12.6 Å². The Morgan fingerprint density at radius 3 is 2.93 bits per heavy atom. The molecule has 2 unspecified atom stereocenters. The molecule has 80 valence electrons. The Hall–Kier alpha value is -1.42. The van der Waals surface area contributed by atoms with Crippen molar-refractivity contribution in [3.05, 3.63) is 35.6 Å². The van der Waals surface area contributed by atoms with Crippen LogP contribution in [0.5, 0.6) is 0 Å². The summed E-state index contributed by atoms with van der Waals surface area (Å²) in [7, 11) is 0. The number of carbonyl (C=O) groups is 1. The van der Waals surface area contributed by atoms with E-state index in [1.807, 2.05) is 0 Å². The number of benzene rings is 1. The maximum absolute atomic E-state index is 12.8. The molecule has 1 aliphatic carbocycles. The second-order valence-corrected chi connectivity index (χ2v) is 3.85. The van der Waals surface area contributed by atoms with Crippen LogP contribution in [0.25, 0.3) is 0 Å². The second-order valence-electron chi connectivity index (χ2n) is 3.85. The van der Waals surface area contributed by atoms with Crippen molar-refractivity contribution < 1.29 is 9.18 Å². The molecule has 0 saturated heterocycles. The summed E-state index contributed by atoms with van der Waals surface area (Å²) < 4.78 is 12.8. The summed E-state index contributed by atoms with van der Waals surface area (Å²) in [5, 5.41) is 2.73. The summed E-state index contributed by atoms with van der Waals surface area (Å²) in [5.74, 6) is -0.366. The van der Waals surface area contributed by atoms with Crippen LogP contribution in [-0.4, -0.2) is 11.9 Å². The molecule has 0 radical (unpaired) electrons. The van der Waals surface area contributed by atoms with Crippen LogP contribution in [-0.2, 0) is 11.3 Å². The van der Waals surface area contributed by atoms with Gasteiger partial charge in [0.1, 0.15) is 5.82 Å². The van der Waals surface area contributed by atoms with Crippen molar-refractivity contribution in [1.82, 2.24) is 5.32 Å². The van der Waals surface area contributed by atoms with E-state index in [2.05, 4.69) is 5.32 Å². The lowest BCUT2D eigenvalue weighted by Crippen LogP contribution is -2.26. The zero-order chi connectivity index (χ0) is 10.8. The van der Waals surface area contributed by atoms with Crippen LogP contribution in [0.2, 0.25) is 0 Å². The zero-order valence-electron chi connectivity index (χ0n) is 8.24. The molecule has 4 heteroatoms. The average Bonchev–Trinajstić information content (AvgIpc) is 2.92. The first kappa shape index (κ1) is 10.1. The van der Waals surface area contributed by atoms with Crippen molar-refractivity contribution in [3.8, 4) is 0 Å². The molecule has 0 aliphatic heterocycles. The van der Waals surface area contributed by atoms with Gasteiger partial charge in [-0.2, -0.15) is 0 Å². The third-order valence-corrected chi connectivity index (χ3v) is 2.53. The zero-order valence-corrected chi connectivity index (χ0v) is 8.24. The van der Waals surface area contributed by atoms with Crippen LogP contribution in [0.4, 0.5) is 4.39 Å². The topological polar surface area (TPSA) is 55.1 Å². The Bertz CT molecular complexity index is 381. The maximum atomic E-state index is 12.8. The summed E-state index contributed by atoms with van der Waals surface area (Å²) in [6, 6.07) is 6.20. The van der Waals surface area contributed by atoms with Crippen LogP contribution >= 0.6 is 0 Å². The molecular weight excluding hydrogens is 195 g/mol. The molecule has 1 aromatic carbocycles. The third kappa shape index (κ3) is 2.53. The van der Waals surface area contributed by atoms with Gasteiger partial charge in [-0.05, 0) is 24.1 Å². The fourth-order valence-electron chi connectivity index (χ4n) is 1.48. The van der Waals surface area contributed by atoms with Crippen LogP contribution < -0.4 is 11.1 Å². The third-order valence-electron chi connectivity index (χ3n) is 2.53. The Morgan fingerprint density at radius 2 is 2.33 bits per heavy atom. The average molecular weight is 208 g/mol. The number of rotatable bonds is 3. The first-order valence-electron chi connectivity index (χ1n) is 4.94. The van der Waals surface area contributed by atoms with Crippen molar-refractivity contribution in [1.29, 1.82) is 0 Å².